The second-order valence-electron chi connectivity index (χ2n) is 2.91. The summed E-state index contributed by atoms with van der Waals surface area (Å²) in [6, 6.07) is 5.37. The minimum Gasteiger partial charge on any atom is -0.496 e. The first-order chi connectivity index (χ1) is 7.20. The Balaban J connectivity index is 2.52. The summed E-state index contributed by atoms with van der Waals surface area (Å²) in [4.78, 5) is 0. The molecule has 0 bridgehead atoms. The van der Waals surface area contributed by atoms with Gasteiger partial charge in [0.1, 0.15) is 5.75 Å². The van der Waals surface area contributed by atoms with E-state index >= 15 is 0 Å². The molecular formula is C9H10N4OS. The lowest BCUT2D eigenvalue weighted by Crippen LogP contribution is -1.91. The van der Waals surface area contributed by atoms with Gasteiger partial charge < -0.3 is 16.2 Å². The second-order valence-corrected chi connectivity index (χ2v) is 3.91. The van der Waals surface area contributed by atoms with Crippen LogP contribution >= 0.6 is 11.3 Å². The summed E-state index contributed by atoms with van der Waals surface area (Å²) in [6.07, 6.45) is 0. The molecule has 4 N–H and O–H groups in total. The molecule has 1 aromatic heterocycles. The van der Waals surface area contributed by atoms with Crippen LogP contribution in [0, 0.1) is 0 Å². The molecule has 78 valence electrons. The van der Waals surface area contributed by atoms with Crippen molar-refractivity contribution in [2.24, 2.45) is 0 Å². The molecule has 0 atom stereocenters. The molecular weight excluding hydrogens is 212 g/mol. The van der Waals surface area contributed by atoms with Crippen molar-refractivity contribution in [2.75, 3.05) is 18.6 Å². The summed E-state index contributed by atoms with van der Waals surface area (Å²) in [6.45, 7) is 0. The number of nitrogens with two attached hydrogens (primary N) is 2. The number of ether oxygens (including phenoxy) is 1. The van der Waals surface area contributed by atoms with Crippen molar-refractivity contribution in [3.8, 4) is 16.3 Å². The number of hydrogen-bond donors (Lipinski definition) is 2. The van der Waals surface area contributed by atoms with Crippen LogP contribution < -0.4 is 16.2 Å². The molecule has 0 aliphatic carbocycles. The normalized spacial score (nSPS) is 10.2. The first-order valence-electron chi connectivity index (χ1n) is 4.23. The van der Waals surface area contributed by atoms with Gasteiger partial charge in [-0.1, -0.05) is 11.3 Å². The molecule has 0 fully saturated rings. The summed E-state index contributed by atoms with van der Waals surface area (Å²) in [5, 5.41) is 8.86. The predicted octanol–water partition coefficient (Wildman–Crippen LogP) is 1.38. The fourth-order valence-corrected chi connectivity index (χ4v) is 1.87. The van der Waals surface area contributed by atoms with E-state index in [1.165, 1.54) is 11.3 Å². The first kappa shape index (κ1) is 9.72. The van der Waals surface area contributed by atoms with Gasteiger partial charge in [0, 0.05) is 11.8 Å². The molecule has 0 unspecified atom stereocenters. The lowest BCUT2D eigenvalue weighted by molar-refractivity contribution is 0.416. The van der Waals surface area contributed by atoms with Crippen molar-refractivity contribution in [3.05, 3.63) is 18.2 Å². The number of nitrogen functional groups attached to an aromatic ring is 2. The maximum Gasteiger partial charge on any atom is 0.203 e. The van der Waals surface area contributed by atoms with Gasteiger partial charge in [-0.25, -0.2) is 0 Å². The zero-order chi connectivity index (χ0) is 10.8. The molecule has 0 aliphatic rings. The average Bonchev–Trinajstić information content (AvgIpc) is 2.64. The van der Waals surface area contributed by atoms with Gasteiger partial charge in [-0.3, -0.25) is 0 Å². The monoisotopic (exact) mass is 222 g/mol. The van der Waals surface area contributed by atoms with Crippen molar-refractivity contribution in [3.63, 3.8) is 0 Å². The van der Waals surface area contributed by atoms with Gasteiger partial charge in [0.2, 0.25) is 5.13 Å². The van der Waals surface area contributed by atoms with Crippen LogP contribution in [0.1, 0.15) is 0 Å². The van der Waals surface area contributed by atoms with E-state index in [2.05, 4.69) is 10.2 Å². The van der Waals surface area contributed by atoms with Gasteiger partial charge in [0.25, 0.3) is 0 Å². The predicted molar refractivity (Wildman–Crippen MR) is 60.7 cm³/mol. The van der Waals surface area contributed by atoms with Crippen LogP contribution in [0.5, 0.6) is 5.75 Å². The van der Waals surface area contributed by atoms with Crippen molar-refractivity contribution >= 4 is 22.2 Å². The van der Waals surface area contributed by atoms with Crippen LogP contribution in [0.2, 0.25) is 0 Å². The van der Waals surface area contributed by atoms with E-state index in [0.29, 0.717) is 16.6 Å². The lowest BCUT2D eigenvalue weighted by Gasteiger charge is -2.05. The molecule has 0 amide bonds. The second kappa shape index (κ2) is 3.74. The molecule has 6 heteroatoms. The van der Waals surface area contributed by atoms with Gasteiger partial charge in [-0.05, 0) is 12.1 Å². The highest BCUT2D eigenvalue weighted by Crippen LogP contribution is 2.33. The van der Waals surface area contributed by atoms with Crippen molar-refractivity contribution < 1.29 is 4.74 Å². The topological polar surface area (TPSA) is 87.0 Å². The standard InChI is InChI=1S/C9H10N4OS/c1-14-7-4-5(10)2-3-6(7)8-12-13-9(11)15-8/h2-4H,10H2,1H3,(H2,11,13). The SMILES string of the molecule is COc1cc(N)ccc1-c1nnc(N)s1. The van der Waals surface area contributed by atoms with E-state index in [-0.39, 0.29) is 0 Å². The molecule has 0 aliphatic heterocycles. The fraction of sp³-hybridized carbons (Fsp3) is 0.111. The Kier molecular flexibility index (Phi) is 2.42. The number of methoxy groups -OCH3 is 1. The van der Waals surface area contributed by atoms with E-state index < -0.39 is 0 Å². The van der Waals surface area contributed by atoms with Crippen LogP contribution in [0.15, 0.2) is 18.2 Å². The highest BCUT2D eigenvalue weighted by atomic mass is 32.1. The molecule has 0 saturated carbocycles. The molecule has 0 radical (unpaired) electrons. The van der Waals surface area contributed by atoms with Crippen molar-refractivity contribution in [2.45, 2.75) is 0 Å². The Morgan fingerprint density at radius 2 is 2.07 bits per heavy atom. The van der Waals surface area contributed by atoms with E-state index in [1.54, 1.807) is 19.2 Å². The summed E-state index contributed by atoms with van der Waals surface area (Å²) >= 11 is 1.31. The molecule has 1 aromatic carbocycles. The van der Waals surface area contributed by atoms with E-state index in [4.69, 9.17) is 16.2 Å². The van der Waals surface area contributed by atoms with Gasteiger partial charge in [0.05, 0.1) is 12.7 Å². The van der Waals surface area contributed by atoms with Crippen LogP contribution in [0.25, 0.3) is 10.6 Å². The summed E-state index contributed by atoms with van der Waals surface area (Å²) < 4.78 is 5.21. The molecule has 1 heterocycles. The number of rotatable bonds is 2. The molecule has 15 heavy (non-hydrogen) atoms. The zero-order valence-electron chi connectivity index (χ0n) is 8.10. The van der Waals surface area contributed by atoms with Gasteiger partial charge in [-0.15, -0.1) is 10.2 Å². The first-order valence-corrected chi connectivity index (χ1v) is 5.05. The van der Waals surface area contributed by atoms with Crippen molar-refractivity contribution in [1.29, 1.82) is 0 Å². The van der Waals surface area contributed by atoms with Crippen molar-refractivity contribution in [1.82, 2.24) is 10.2 Å². The average molecular weight is 222 g/mol. The maximum atomic E-state index is 5.65. The Bertz CT molecular complexity index is 483. The smallest absolute Gasteiger partial charge is 0.203 e. The Morgan fingerprint density at radius 1 is 1.27 bits per heavy atom. The van der Waals surface area contributed by atoms with E-state index in [9.17, 15) is 0 Å². The highest BCUT2D eigenvalue weighted by molar-refractivity contribution is 7.18. The summed E-state index contributed by atoms with van der Waals surface area (Å²) in [5.74, 6) is 0.672. The number of nitrogens with zero attached hydrogens (tertiary/aromatic N) is 2. The molecule has 2 aromatic rings. The number of benzene rings is 1. The molecule has 2 rings (SSSR count). The molecule has 0 spiro atoms. The molecule has 0 saturated heterocycles. The summed E-state index contributed by atoms with van der Waals surface area (Å²) in [5.41, 5.74) is 12.7. The van der Waals surface area contributed by atoms with Gasteiger partial charge in [0.15, 0.2) is 5.01 Å². The van der Waals surface area contributed by atoms with Crippen LogP contribution in [0.3, 0.4) is 0 Å². The zero-order valence-corrected chi connectivity index (χ0v) is 8.91. The third-order valence-corrected chi connectivity index (χ3v) is 2.68. The lowest BCUT2D eigenvalue weighted by atomic mass is 10.2. The Morgan fingerprint density at radius 3 is 2.67 bits per heavy atom. The number of anilines is 2. The third kappa shape index (κ3) is 1.84. The molecule has 5 nitrogen and oxygen atoms in total. The Labute approximate surface area is 90.7 Å². The minimum absolute atomic E-state index is 0.434. The van der Waals surface area contributed by atoms with Crippen LogP contribution in [-0.4, -0.2) is 17.3 Å². The van der Waals surface area contributed by atoms with Crippen LogP contribution in [-0.2, 0) is 0 Å². The quantitative estimate of drug-likeness (QED) is 0.749. The summed E-state index contributed by atoms with van der Waals surface area (Å²) in [7, 11) is 1.59. The largest absolute Gasteiger partial charge is 0.496 e. The minimum atomic E-state index is 0.434. The fourth-order valence-electron chi connectivity index (χ4n) is 1.23. The van der Waals surface area contributed by atoms with E-state index in [1.807, 2.05) is 6.07 Å². The third-order valence-electron chi connectivity index (χ3n) is 1.90. The van der Waals surface area contributed by atoms with Gasteiger partial charge >= 0.3 is 0 Å². The van der Waals surface area contributed by atoms with Crippen LogP contribution in [0.4, 0.5) is 10.8 Å². The Hall–Kier alpha value is -1.82. The number of hydrogen-bond acceptors (Lipinski definition) is 6. The maximum absolute atomic E-state index is 5.65. The highest BCUT2D eigenvalue weighted by Gasteiger charge is 2.10. The number of aromatic nitrogens is 2. The van der Waals surface area contributed by atoms with Gasteiger partial charge in [-0.2, -0.15) is 0 Å². The van der Waals surface area contributed by atoms with E-state index in [0.717, 1.165) is 10.6 Å².